The van der Waals surface area contributed by atoms with E-state index in [0.29, 0.717) is 61.6 Å². The second-order valence-corrected chi connectivity index (χ2v) is 10.2. The Labute approximate surface area is 193 Å². The Kier molecular flexibility index (Phi) is 6.55. The summed E-state index contributed by atoms with van der Waals surface area (Å²) in [6.07, 6.45) is 1.54. The molecule has 3 aromatic rings. The van der Waals surface area contributed by atoms with Gasteiger partial charge in [-0.3, -0.25) is 9.48 Å². The summed E-state index contributed by atoms with van der Waals surface area (Å²) in [5, 5.41) is 4.45. The van der Waals surface area contributed by atoms with E-state index in [9.17, 15) is 13.2 Å². The number of aromatic amines is 1. The van der Waals surface area contributed by atoms with Gasteiger partial charge in [-0.05, 0) is 38.6 Å². The van der Waals surface area contributed by atoms with Crippen LogP contribution in [0.4, 0.5) is 0 Å². The number of aryl methyl sites for hydroxylation is 2. The number of likely N-dealkylation sites (N-methyl/N-ethyl adjacent to an activating group) is 1. The molecule has 0 spiro atoms. The standard InChI is InChI=1S/C22H30N6O4S/c1-5-7-17-19-20(27(4)25-17)22(29)24-21(23-19)16-14-15(8-9-18(16)32-6-2)33(30,31)28-12-10-26(3)11-13-28/h8-9,14H,5-7,10-13H2,1-4H3,(H,23,24,29)/i3-1. The fraction of sp³-hybridized carbons (Fsp3) is 0.500. The monoisotopic (exact) mass is 473 g/mol. The lowest BCUT2D eigenvalue weighted by molar-refractivity contribution is 0.222. The molecule has 1 saturated heterocycles. The second-order valence-electron chi connectivity index (χ2n) is 8.23. The zero-order valence-electron chi connectivity index (χ0n) is 19.5. The Morgan fingerprint density at radius 1 is 1.12 bits per heavy atom. The van der Waals surface area contributed by atoms with Crippen LogP contribution >= 0.6 is 0 Å². The fourth-order valence-corrected chi connectivity index (χ4v) is 5.54. The fourth-order valence-electron chi connectivity index (χ4n) is 4.09. The van der Waals surface area contributed by atoms with Crippen molar-refractivity contribution in [2.75, 3.05) is 39.8 Å². The lowest BCUT2D eigenvalue weighted by atomic mass is 10.1. The summed E-state index contributed by atoms with van der Waals surface area (Å²) < 4.78 is 35.4. The third-order valence-electron chi connectivity index (χ3n) is 5.86. The predicted molar refractivity (Wildman–Crippen MR) is 126 cm³/mol. The van der Waals surface area contributed by atoms with Crippen molar-refractivity contribution < 1.29 is 13.2 Å². The van der Waals surface area contributed by atoms with Gasteiger partial charge in [-0.25, -0.2) is 13.4 Å². The molecule has 0 aliphatic carbocycles. The Bertz CT molecular complexity index is 1320. The highest BCUT2D eigenvalue weighted by atomic mass is 32.2. The largest absolute Gasteiger partial charge is 0.493 e. The number of nitrogens with zero attached hydrogens (tertiary/aromatic N) is 5. The summed E-state index contributed by atoms with van der Waals surface area (Å²) in [4.78, 5) is 22.7. The van der Waals surface area contributed by atoms with Crippen LogP contribution in [0.1, 0.15) is 26.0 Å². The summed E-state index contributed by atoms with van der Waals surface area (Å²) in [5.41, 5.74) is 1.75. The van der Waals surface area contributed by atoms with Gasteiger partial charge in [0.2, 0.25) is 10.0 Å². The number of rotatable bonds is 7. The van der Waals surface area contributed by atoms with Crippen LogP contribution in [0.2, 0.25) is 0 Å². The van der Waals surface area contributed by atoms with E-state index < -0.39 is 10.0 Å². The topological polar surface area (TPSA) is 113 Å². The first-order valence-corrected chi connectivity index (χ1v) is 12.6. The van der Waals surface area contributed by atoms with Crippen LogP contribution in [-0.4, -0.2) is 77.2 Å². The highest BCUT2D eigenvalue weighted by Gasteiger charge is 2.29. The molecule has 1 aliphatic heterocycles. The number of fused-ring (bicyclic) bond motifs is 1. The van der Waals surface area contributed by atoms with Crippen LogP contribution in [0, 0.1) is 0 Å². The molecule has 0 unspecified atom stereocenters. The van der Waals surface area contributed by atoms with Crippen molar-refractivity contribution in [1.82, 2.24) is 29.0 Å². The molecular formula is C22H30N6O4S. The van der Waals surface area contributed by atoms with Crippen molar-refractivity contribution in [3.8, 4) is 17.1 Å². The summed E-state index contributed by atoms with van der Waals surface area (Å²) in [6.45, 7) is 6.48. The van der Waals surface area contributed by atoms with Gasteiger partial charge in [0.15, 0.2) is 5.52 Å². The Hall–Kier alpha value is -2.76. The Morgan fingerprint density at radius 2 is 1.85 bits per heavy atom. The average Bonchev–Trinajstić information content (AvgIpc) is 3.10. The molecule has 33 heavy (non-hydrogen) atoms. The van der Waals surface area contributed by atoms with E-state index in [1.165, 1.54) is 8.99 Å². The van der Waals surface area contributed by atoms with Crippen LogP contribution in [0.25, 0.3) is 22.4 Å². The zero-order valence-corrected chi connectivity index (χ0v) is 20.3. The lowest BCUT2D eigenvalue weighted by Crippen LogP contribution is -2.47. The SMILES string of the molecule is CCCc1nn(C)c2c(=O)[nH]c(-c3cc(S(=O)(=O)N4CCN([11CH3])CC4)ccc3OCC)nc12. The molecule has 1 aromatic carbocycles. The van der Waals surface area contributed by atoms with E-state index >= 15 is 0 Å². The summed E-state index contributed by atoms with van der Waals surface area (Å²) in [6, 6.07) is 4.71. The number of aromatic nitrogens is 4. The molecule has 3 heterocycles. The number of benzene rings is 1. The number of nitrogens with one attached hydrogen (secondary N) is 1. The van der Waals surface area contributed by atoms with Crippen molar-refractivity contribution in [3.05, 3.63) is 34.2 Å². The molecular weight excluding hydrogens is 443 g/mol. The molecule has 0 saturated carbocycles. The lowest BCUT2D eigenvalue weighted by Gasteiger charge is -2.31. The molecule has 0 radical (unpaired) electrons. The van der Waals surface area contributed by atoms with E-state index in [0.717, 1.165) is 12.1 Å². The maximum atomic E-state index is 13.3. The van der Waals surface area contributed by atoms with Crippen molar-refractivity contribution in [1.29, 1.82) is 0 Å². The van der Waals surface area contributed by atoms with E-state index in [-0.39, 0.29) is 16.3 Å². The minimum absolute atomic E-state index is 0.147. The molecule has 4 rings (SSSR count). The van der Waals surface area contributed by atoms with E-state index in [1.807, 2.05) is 20.9 Å². The summed E-state index contributed by atoms with van der Waals surface area (Å²) >= 11 is 0. The van der Waals surface area contributed by atoms with Crippen LogP contribution in [-0.2, 0) is 23.5 Å². The van der Waals surface area contributed by atoms with E-state index in [1.54, 1.807) is 25.2 Å². The molecule has 1 aliphatic rings. The molecule has 1 N–H and O–H groups in total. The molecule has 0 amide bonds. The average molecular weight is 474 g/mol. The number of piperazine rings is 1. The van der Waals surface area contributed by atoms with E-state index in [2.05, 4.69) is 15.0 Å². The first-order chi connectivity index (χ1) is 15.8. The van der Waals surface area contributed by atoms with Gasteiger partial charge in [-0.2, -0.15) is 9.40 Å². The maximum absolute atomic E-state index is 13.3. The first kappa shape index (κ1) is 23.4. The van der Waals surface area contributed by atoms with Gasteiger partial charge in [0.1, 0.15) is 17.1 Å². The molecule has 11 heteroatoms. The van der Waals surface area contributed by atoms with Gasteiger partial charge >= 0.3 is 0 Å². The minimum atomic E-state index is -3.70. The Morgan fingerprint density at radius 3 is 2.52 bits per heavy atom. The van der Waals surface area contributed by atoms with Crippen molar-refractivity contribution >= 4 is 21.1 Å². The molecule has 1 fully saturated rings. The molecule has 178 valence electrons. The second kappa shape index (κ2) is 9.24. The van der Waals surface area contributed by atoms with E-state index in [4.69, 9.17) is 9.72 Å². The maximum Gasteiger partial charge on any atom is 0.277 e. The minimum Gasteiger partial charge on any atom is -0.493 e. The number of sulfonamides is 1. The van der Waals surface area contributed by atoms with Crippen LogP contribution in [0.3, 0.4) is 0 Å². The van der Waals surface area contributed by atoms with Gasteiger partial charge in [0.05, 0.1) is 22.8 Å². The Balaban J connectivity index is 1.85. The normalized spacial score (nSPS) is 15.9. The first-order valence-electron chi connectivity index (χ1n) is 11.2. The number of H-pyrrole nitrogens is 1. The quantitative estimate of drug-likeness (QED) is 0.555. The van der Waals surface area contributed by atoms with Crippen molar-refractivity contribution in [3.63, 3.8) is 0 Å². The number of hydrogen-bond donors (Lipinski definition) is 1. The molecule has 10 nitrogen and oxygen atoms in total. The zero-order chi connectivity index (χ0) is 23.8. The molecule has 0 atom stereocenters. The molecule has 2 aromatic heterocycles. The highest BCUT2D eigenvalue weighted by molar-refractivity contribution is 7.89. The highest BCUT2D eigenvalue weighted by Crippen LogP contribution is 2.32. The van der Waals surface area contributed by atoms with Gasteiger partial charge in [-0.15, -0.1) is 0 Å². The third kappa shape index (κ3) is 4.40. The van der Waals surface area contributed by atoms with Crippen molar-refractivity contribution in [2.45, 2.75) is 31.6 Å². The third-order valence-corrected chi connectivity index (χ3v) is 7.75. The molecule has 0 bridgehead atoms. The van der Waals surface area contributed by atoms with Crippen LogP contribution in [0.5, 0.6) is 5.75 Å². The summed E-state index contributed by atoms with van der Waals surface area (Å²) in [7, 11) is -0.00831. The summed E-state index contributed by atoms with van der Waals surface area (Å²) in [5.74, 6) is 0.718. The number of hydrogen-bond acceptors (Lipinski definition) is 7. The van der Waals surface area contributed by atoms with Crippen LogP contribution < -0.4 is 10.3 Å². The van der Waals surface area contributed by atoms with Gasteiger partial charge in [0, 0.05) is 33.2 Å². The smallest absolute Gasteiger partial charge is 0.277 e. The van der Waals surface area contributed by atoms with Gasteiger partial charge in [-0.1, -0.05) is 13.3 Å². The van der Waals surface area contributed by atoms with Gasteiger partial charge < -0.3 is 14.6 Å². The number of ether oxygens (including phenoxy) is 1. The van der Waals surface area contributed by atoms with Crippen molar-refractivity contribution in [2.24, 2.45) is 7.05 Å². The predicted octanol–water partition coefficient (Wildman–Crippen LogP) is 1.61. The van der Waals surface area contributed by atoms with Crippen LogP contribution in [0.15, 0.2) is 27.9 Å². The van der Waals surface area contributed by atoms with Gasteiger partial charge in [0.25, 0.3) is 5.56 Å².